The van der Waals surface area contributed by atoms with Gasteiger partial charge in [-0.1, -0.05) is 42.2 Å². The van der Waals surface area contributed by atoms with Crippen LogP contribution in [-0.4, -0.2) is 4.32 Å². The number of benzene rings is 1. The Bertz CT molecular complexity index is 409. The first kappa shape index (κ1) is 9.50. The van der Waals surface area contributed by atoms with E-state index in [1.807, 2.05) is 24.3 Å². The number of hydrogen-bond acceptors (Lipinski definition) is 3. The van der Waals surface area contributed by atoms with E-state index in [0.29, 0.717) is 6.42 Å². The van der Waals surface area contributed by atoms with Gasteiger partial charge in [-0.2, -0.15) is 5.26 Å². The SMILES string of the molecule is N#CCC1SC(=S)Nc2ccccc21. The summed E-state index contributed by atoms with van der Waals surface area (Å²) >= 11 is 6.67. The molecule has 1 aliphatic heterocycles. The molecule has 0 aliphatic carbocycles. The minimum Gasteiger partial charge on any atom is -0.341 e. The standard InChI is InChI=1S/C10H8N2S2/c11-6-5-9-7-3-1-2-4-8(7)12-10(13)14-9/h1-4,9H,5H2,(H,12,13). The van der Waals surface area contributed by atoms with Crippen molar-refractivity contribution in [2.24, 2.45) is 0 Å². The smallest absolute Gasteiger partial charge is 0.138 e. The summed E-state index contributed by atoms with van der Waals surface area (Å²) in [5.41, 5.74) is 2.21. The molecule has 1 N–H and O–H groups in total. The molecular weight excluding hydrogens is 212 g/mol. The van der Waals surface area contributed by atoms with Gasteiger partial charge >= 0.3 is 0 Å². The highest BCUT2D eigenvalue weighted by Crippen LogP contribution is 2.41. The van der Waals surface area contributed by atoms with Crippen molar-refractivity contribution in [1.29, 1.82) is 5.26 Å². The largest absolute Gasteiger partial charge is 0.341 e. The van der Waals surface area contributed by atoms with Crippen molar-refractivity contribution in [3.8, 4) is 6.07 Å². The van der Waals surface area contributed by atoms with Gasteiger partial charge in [0.25, 0.3) is 0 Å². The average Bonchev–Trinajstić information content (AvgIpc) is 2.18. The van der Waals surface area contributed by atoms with Crippen LogP contribution < -0.4 is 5.32 Å². The Labute approximate surface area is 92.3 Å². The van der Waals surface area contributed by atoms with Crippen LogP contribution in [0.1, 0.15) is 17.2 Å². The molecular formula is C10H8N2S2. The number of nitrogens with zero attached hydrogens (tertiary/aromatic N) is 1. The fourth-order valence-corrected chi connectivity index (χ4v) is 2.83. The maximum Gasteiger partial charge on any atom is 0.138 e. The molecule has 0 amide bonds. The molecule has 1 aromatic rings. The van der Waals surface area contributed by atoms with Gasteiger partial charge < -0.3 is 5.32 Å². The monoisotopic (exact) mass is 220 g/mol. The second kappa shape index (κ2) is 3.99. The molecule has 14 heavy (non-hydrogen) atoms. The summed E-state index contributed by atoms with van der Waals surface area (Å²) in [4.78, 5) is 0. The van der Waals surface area contributed by atoms with Crippen LogP contribution in [0.5, 0.6) is 0 Å². The van der Waals surface area contributed by atoms with Gasteiger partial charge in [-0.05, 0) is 11.6 Å². The summed E-state index contributed by atoms with van der Waals surface area (Å²) in [6.07, 6.45) is 0.503. The van der Waals surface area contributed by atoms with Gasteiger partial charge in [-0.3, -0.25) is 0 Å². The van der Waals surface area contributed by atoms with E-state index in [1.54, 1.807) is 11.8 Å². The van der Waals surface area contributed by atoms with Crippen molar-refractivity contribution in [3.05, 3.63) is 29.8 Å². The molecule has 0 radical (unpaired) electrons. The lowest BCUT2D eigenvalue weighted by Gasteiger charge is -2.24. The fraction of sp³-hybridized carbons (Fsp3) is 0.200. The number of hydrogen-bond donors (Lipinski definition) is 1. The number of thioether (sulfide) groups is 1. The Morgan fingerprint density at radius 1 is 1.50 bits per heavy atom. The minimum absolute atomic E-state index is 0.185. The van der Waals surface area contributed by atoms with Crippen molar-refractivity contribution in [3.63, 3.8) is 0 Å². The van der Waals surface area contributed by atoms with Gasteiger partial charge in [-0.15, -0.1) is 0 Å². The summed E-state index contributed by atoms with van der Waals surface area (Å²) in [6, 6.07) is 10.2. The second-order valence-corrected chi connectivity index (χ2v) is 4.85. The summed E-state index contributed by atoms with van der Waals surface area (Å²) in [6.45, 7) is 0. The Hall–Kier alpha value is -1.05. The number of para-hydroxylation sites is 1. The summed E-state index contributed by atoms with van der Waals surface area (Å²) in [5, 5.41) is 12.0. The lowest BCUT2D eigenvalue weighted by molar-refractivity contribution is 0.984. The molecule has 0 saturated heterocycles. The number of thiocarbonyl (C=S) groups is 1. The first-order chi connectivity index (χ1) is 6.81. The molecule has 0 fully saturated rings. The van der Waals surface area contributed by atoms with Crippen LogP contribution in [0, 0.1) is 11.3 Å². The van der Waals surface area contributed by atoms with Crippen LogP contribution in [0.4, 0.5) is 5.69 Å². The summed E-state index contributed by atoms with van der Waals surface area (Å²) in [5.74, 6) is 0. The molecule has 2 nitrogen and oxygen atoms in total. The van der Waals surface area contributed by atoms with Gasteiger partial charge in [0.1, 0.15) is 4.32 Å². The van der Waals surface area contributed by atoms with Gasteiger partial charge in [-0.25, -0.2) is 0 Å². The minimum atomic E-state index is 0.185. The van der Waals surface area contributed by atoms with Crippen molar-refractivity contribution < 1.29 is 0 Å². The van der Waals surface area contributed by atoms with E-state index in [1.165, 1.54) is 5.56 Å². The predicted molar refractivity (Wildman–Crippen MR) is 63.2 cm³/mol. The van der Waals surface area contributed by atoms with Crippen LogP contribution in [0.15, 0.2) is 24.3 Å². The van der Waals surface area contributed by atoms with E-state index in [-0.39, 0.29) is 5.25 Å². The third kappa shape index (κ3) is 1.74. The van der Waals surface area contributed by atoms with E-state index in [4.69, 9.17) is 17.5 Å². The average molecular weight is 220 g/mol. The van der Waals surface area contributed by atoms with Gasteiger partial charge in [0.15, 0.2) is 0 Å². The van der Waals surface area contributed by atoms with E-state index < -0.39 is 0 Å². The normalized spacial score (nSPS) is 19.4. The zero-order valence-electron chi connectivity index (χ0n) is 7.36. The molecule has 0 saturated carbocycles. The van der Waals surface area contributed by atoms with Crippen LogP contribution in [0.3, 0.4) is 0 Å². The van der Waals surface area contributed by atoms with Crippen LogP contribution in [0.25, 0.3) is 0 Å². The quantitative estimate of drug-likeness (QED) is 0.738. The zero-order valence-corrected chi connectivity index (χ0v) is 8.99. The highest BCUT2D eigenvalue weighted by atomic mass is 32.2. The number of fused-ring (bicyclic) bond motifs is 1. The Balaban J connectivity index is 2.39. The highest BCUT2D eigenvalue weighted by molar-refractivity contribution is 8.23. The maximum absolute atomic E-state index is 8.70. The Morgan fingerprint density at radius 3 is 3.07 bits per heavy atom. The van der Waals surface area contributed by atoms with E-state index in [9.17, 15) is 0 Å². The number of nitrogens with one attached hydrogen (secondary N) is 1. The van der Waals surface area contributed by atoms with Crippen molar-refractivity contribution >= 4 is 34.0 Å². The molecule has 0 spiro atoms. The van der Waals surface area contributed by atoms with E-state index >= 15 is 0 Å². The third-order valence-corrected chi connectivity index (χ3v) is 3.48. The third-order valence-electron chi connectivity index (χ3n) is 2.07. The molecule has 1 unspecified atom stereocenters. The highest BCUT2D eigenvalue weighted by Gasteiger charge is 2.22. The molecule has 70 valence electrons. The molecule has 2 rings (SSSR count). The van der Waals surface area contributed by atoms with Crippen molar-refractivity contribution in [1.82, 2.24) is 0 Å². The number of rotatable bonds is 1. The molecule has 0 bridgehead atoms. The van der Waals surface area contributed by atoms with E-state index in [2.05, 4.69) is 11.4 Å². The number of nitriles is 1. The Kier molecular flexibility index (Phi) is 2.71. The molecule has 1 aromatic carbocycles. The molecule has 1 heterocycles. The molecule has 1 aliphatic rings. The molecule has 0 aromatic heterocycles. The second-order valence-electron chi connectivity index (χ2n) is 2.97. The van der Waals surface area contributed by atoms with Gasteiger partial charge in [0, 0.05) is 5.69 Å². The molecule has 4 heteroatoms. The van der Waals surface area contributed by atoms with Crippen LogP contribution >= 0.6 is 24.0 Å². The van der Waals surface area contributed by atoms with E-state index in [0.717, 1.165) is 10.0 Å². The number of anilines is 1. The Morgan fingerprint density at radius 2 is 2.29 bits per heavy atom. The van der Waals surface area contributed by atoms with Crippen LogP contribution in [0.2, 0.25) is 0 Å². The molecule has 1 atom stereocenters. The predicted octanol–water partition coefficient (Wildman–Crippen LogP) is 3.08. The van der Waals surface area contributed by atoms with Crippen molar-refractivity contribution in [2.45, 2.75) is 11.7 Å². The van der Waals surface area contributed by atoms with Gasteiger partial charge in [0.2, 0.25) is 0 Å². The fourth-order valence-electron chi connectivity index (χ4n) is 1.46. The lowest BCUT2D eigenvalue weighted by Crippen LogP contribution is -2.15. The van der Waals surface area contributed by atoms with Crippen molar-refractivity contribution in [2.75, 3.05) is 5.32 Å². The zero-order chi connectivity index (χ0) is 9.97. The lowest BCUT2D eigenvalue weighted by atomic mass is 10.1. The first-order valence-corrected chi connectivity index (χ1v) is 5.53. The maximum atomic E-state index is 8.70. The first-order valence-electron chi connectivity index (χ1n) is 4.25. The van der Waals surface area contributed by atoms with Crippen LogP contribution in [-0.2, 0) is 0 Å². The summed E-state index contributed by atoms with van der Waals surface area (Å²) in [7, 11) is 0. The summed E-state index contributed by atoms with van der Waals surface area (Å²) < 4.78 is 0.754. The van der Waals surface area contributed by atoms with Gasteiger partial charge in [0.05, 0.1) is 17.7 Å². The topological polar surface area (TPSA) is 35.8 Å².